The van der Waals surface area contributed by atoms with Crippen LogP contribution in [0.2, 0.25) is 0 Å². The molecule has 1 fully saturated rings. The van der Waals surface area contributed by atoms with Gasteiger partial charge in [0.1, 0.15) is 5.75 Å². The summed E-state index contributed by atoms with van der Waals surface area (Å²) in [7, 11) is 1.80. The molecule has 1 heterocycles. The summed E-state index contributed by atoms with van der Waals surface area (Å²) in [4.78, 5) is 4.37. The van der Waals surface area contributed by atoms with Crippen molar-refractivity contribution in [1.82, 2.24) is 10.6 Å². The summed E-state index contributed by atoms with van der Waals surface area (Å²) in [5.41, 5.74) is 2.37. The van der Waals surface area contributed by atoms with Crippen molar-refractivity contribution >= 4 is 29.9 Å². The minimum Gasteiger partial charge on any atom is -0.494 e. The highest BCUT2D eigenvalue weighted by Gasteiger charge is 2.27. The zero-order chi connectivity index (χ0) is 19.6. The average molecular weight is 509 g/mol. The smallest absolute Gasteiger partial charge is 0.191 e. The van der Waals surface area contributed by atoms with E-state index in [-0.39, 0.29) is 30.1 Å². The molecule has 0 bridgehead atoms. The first-order chi connectivity index (χ1) is 13.8. The van der Waals surface area contributed by atoms with E-state index in [1.807, 2.05) is 31.2 Å². The van der Waals surface area contributed by atoms with E-state index in [9.17, 15) is 0 Å². The Bertz CT molecular complexity index is 755. The fraction of sp³-hybridized carbons (Fsp3) is 0.435. The normalized spacial score (nSPS) is 19.2. The van der Waals surface area contributed by atoms with E-state index in [1.54, 1.807) is 7.05 Å². The van der Waals surface area contributed by atoms with Crippen molar-refractivity contribution < 1.29 is 9.47 Å². The number of hydrogen-bond acceptors (Lipinski definition) is 3. The molecule has 158 valence electrons. The zero-order valence-electron chi connectivity index (χ0n) is 17.3. The monoisotopic (exact) mass is 509 g/mol. The zero-order valence-corrected chi connectivity index (χ0v) is 19.6. The molecule has 6 heteroatoms. The molecule has 5 nitrogen and oxygen atoms in total. The molecule has 0 amide bonds. The van der Waals surface area contributed by atoms with Crippen molar-refractivity contribution in [3.8, 4) is 5.75 Å². The van der Waals surface area contributed by atoms with Crippen molar-refractivity contribution in [3.63, 3.8) is 0 Å². The molecule has 2 aromatic rings. The second kappa shape index (κ2) is 12.7. The first-order valence-corrected chi connectivity index (χ1v) is 10.1. The Morgan fingerprint density at radius 2 is 1.86 bits per heavy atom. The summed E-state index contributed by atoms with van der Waals surface area (Å²) < 4.78 is 11.8. The van der Waals surface area contributed by atoms with Gasteiger partial charge in [-0.1, -0.05) is 48.5 Å². The summed E-state index contributed by atoms with van der Waals surface area (Å²) in [5, 5.41) is 6.88. The molecule has 0 aromatic heterocycles. The molecule has 0 spiro atoms. The molecule has 1 saturated heterocycles. The van der Waals surface area contributed by atoms with Gasteiger partial charge in [-0.25, -0.2) is 0 Å². The number of benzene rings is 2. The van der Waals surface area contributed by atoms with Crippen LogP contribution in [0.4, 0.5) is 0 Å². The largest absolute Gasteiger partial charge is 0.494 e. The topological polar surface area (TPSA) is 54.9 Å². The van der Waals surface area contributed by atoms with Gasteiger partial charge in [-0.3, -0.25) is 4.99 Å². The second-order valence-electron chi connectivity index (χ2n) is 6.95. The van der Waals surface area contributed by atoms with E-state index in [0.717, 1.165) is 43.3 Å². The predicted molar refractivity (Wildman–Crippen MR) is 129 cm³/mol. The molecule has 2 aromatic carbocycles. The lowest BCUT2D eigenvalue weighted by atomic mass is 9.89. The Hall–Kier alpha value is -1.80. The number of rotatable bonds is 7. The lowest BCUT2D eigenvalue weighted by Crippen LogP contribution is -2.41. The molecule has 3 rings (SSSR count). The number of hydrogen-bond donors (Lipinski definition) is 2. The molecular formula is C23H32IN3O2. The van der Waals surface area contributed by atoms with Gasteiger partial charge in [-0.15, -0.1) is 24.0 Å². The molecule has 1 aliphatic rings. The Kier molecular flexibility index (Phi) is 10.3. The van der Waals surface area contributed by atoms with Crippen LogP contribution >= 0.6 is 24.0 Å². The molecule has 0 aliphatic carbocycles. The first-order valence-electron chi connectivity index (χ1n) is 10.1. The Morgan fingerprint density at radius 3 is 2.62 bits per heavy atom. The third-order valence-corrected chi connectivity index (χ3v) is 5.05. The molecule has 0 radical (unpaired) electrons. The number of aliphatic imine (C=N–C) groups is 1. The average Bonchev–Trinajstić information content (AvgIpc) is 2.76. The van der Waals surface area contributed by atoms with E-state index in [2.05, 4.69) is 46.0 Å². The second-order valence-corrected chi connectivity index (χ2v) is 6.95. The van der Waals surface area contributed by atoms with E-state index in [1.165, 1.54) is 5.56 Å². The quantitative estimate of drug-likeness (QED) is 0.327. The minimum atomic E-state index is 0. The van der Waals surface area contributed by atoms with Crippen molar-refractivity contribution in [2.75, 3.05) is 26.8 Å². The van der Waals surface area contributed by atoms with Gasteiger partial charge >= 0.3 is 0 Å². The predicted octanol–water partition coefficient (Wildman–Crippen LogP) is 4.54. The highest BCUT2D eigenvalue weighted by molar-refractivity contribution is 14.0. The van der Waals surface area contributed by atoms with Gasteiger partial charge in [0.25, 0.3) is 0 Å². The molecule has 2 N–H and O–H groups in total. The van der Waals surface area contributed by atoms with Crippen LogP contribution < -0.4 is 15.4 Å². The third kappa shape index (κ3) is 6.89. The van der Waals surface area contributed by atoms with Crippen molar-refractivity contribution in [3.05, 3.63) is 65.7 Å². The fourth-order valence-corrected chi connectivity index (χ4v) is 3.64. The molecule has 1 aliphatic heterocycles. The minimum absolute atomic E-state index is 0. The molecule has 2 unspecified atom stereocenters. The molecule has 2 atom stereocenters. The molecule has 0 saturated carbocycles. The van der Waals surface area contributed by atoms with Crippen LogP contribution in [0.25, 0.3) is 0 Å². The maximum absolute atomic E-state index is 6.10. The SMILES string of the molecule is CCOc1ccccc1CNC(=NC)NCC1CCCOC1c1ccccc1.I. The maximum Gasteiger partial charge on any atom is 0.191 e. The van der Waals surface area contributed by atoms with Gasteiger partial charge in [-0.2, -0.15) is 0 Å². The molecule has 29 heavy (non-hydrogen) atoms. The van der Waals surface area contributed by atoms with Gasteiger partial charge in [0.2, 0.25) is 0 Å². The van der Waals surface area contributed by atoms with Crippen LogP contribution in [0.3, 0.4) is 0 Å². The van der Waals surface area contributed by atoms with E-state index in [0.29, 0.717) is 19.1 Å². The Morgan fingerprint density at radius 1 is 1.10 bits per heavy atom. The fourth-order valence-electron chi connectivity index (χ4n) is 3.64. The van der Waals surface area contributed by atoms with Crippen LogP contribution in [0, 0.1) is 5.92 Å². The van der Waals surface area contributed by atoms with Crippen LogP contribution in [0.5, 0.6) is 5.75 Å². The van der Waals surface area contributed by atoms with Crippen molar-refractivity contribution in [2.24, 2.45) is 10.9 Å². The van der Waals surface area contributed by atoms with Crippen LogP contribution in [0.1, 0.15) is 37.0 Å². The summed E-state index contributed by atoms with van der Waals surface area (Å²) in [5.74, 6) is 2.13. The number of halogens is 1. The lowest BCUT2D eigenvalue weighted by molar-refractivity contribution is -0.0265. The van der Waals surface area contributed by atoms with Gasteiger partial charge in [-0.05, 0) is 31.4 Å². The number of ether oxygens (including phenoxy) is 2. The number of guanidine groups is 1. The maximum atomic E-state index is 6.10. The standard InChI is InChI=1S/C23H31N3O2.HI/c1-3-27-21-14-8-7-12-19(21)16-25-23(24-2)26-17-20-13-9-15-28-22(20)18-10-5-4-6-11-18;/h4-8,10-12,14,20,22H,3,9,13,15-17H2,1-2H3,(H2,24,25,26);1H. The van der Waals surface area contributed by atoms with E-state index in [4.69, 9.17) is 9.47 Å². The summed E-state index contributed by atoms with van der Waals surface area (Å²) in [6, 6.07) is 18.6. The van der Waals surface area contributed by atoms with Crippen LogP contribution in [-0.2, 0) is 11.3 Å². The van der Waals surface area contributed by atoms with Gasteiger partial charge in [0.15, 0.2) is 5.96 Å². The Balaban J connectivity index is 0.00000300. The van der Waals surface area contributed by atoms with E-state index < -0.39 is 0 Å². The Labute approximate surface area is 191 Å². The summed E-state index contributed by atoms with van der Waals surface area (Å²) in [6.45, 7) is 4.98. The van der Waals surface area contributed by atoms with Gasteiger partial charge in [0.05, 0.1) is 12.7 Å². The van der Waals surface area contributed by atoms with Crippen LogP contribution in [0.15, 0.2) is 59.6 Å². The summed E-state index contributed by atoms with van der Waals surface area (Å²) in [6.07, 6.45) is 2.39. The highest BCUT2D eigenvalue weighted by atomic mass is 127. The van der Waals surface area contributed by atoms with Gasteiger partial charge < -0.3 is 20.1 Å². The highest BCUT2D eigenvalue weighted by Crippen LogP contribution is 2.33. The lowest BCUT2D eigenvalue weighted by Gasteiger charge is -2.32. The van der Waals surface area contributed by atoms with Gasteiger partial charge in [0, 0.05) is 38.2 Å². The van der Waals surface area contributed by atoms with Crippen molar-refractivity contribution in [2.45, 2.75) is 32.4 Å². The first kappa shape index (κ1) is 23.5. The van der Waals surface area contributed by atoms with Crippen molar-refractivity contribution in [1.29, 1.82) is 0 Å². The summed E-state index contributed by atoms with van der Waals surface area (Å²) >= 11 is 0. The third-order valence-electron chi connectivity index (χ3n) is 5.05. The number of nitrogens with zero attached hydrogens (tertiary/aromatic N) is 1. The number of nitrogens with one attached hydrogen (secondary N) is 2. The van der Waals surface area contributed by atoms with E-state index >= 15 is 0 Å². The number of para-hydroxylation sites is 1. The molecular weight excluding hydrogens is 477 g/mol. The van der Waals surface area contributed by atoms with Crippen LogP contribution in [-0.4, -0.2) is 32.8 Å².